The van der Waals surface area contributed by atoms with Gasteiger partial charge in [-0.15, -0.1) is 0 Å². The maximum Gasteiger partial charge on any atom is 0.465 e. The molecule has 1 N–H and O–H groups in total. The van der Waals surface area contributed by atoms with Gasteiger partial charge in [0, 0.05) is 13.5 Å². The summed E-state index contributed by atoms with van der Waals surface area (Å²) < 4.78 is 65.3. The largest absolute Gasteiger partial charge is 0.465 e. The Morgan fingerprint density at radius 1 is 1.09 bits per heavy atom. The lowest BCUT2D eigenvalue weighted by Crippen LogP contribution is -2.46. The van der Waals surface area contributed by atoms with Crippen molar-refractivity contribution in [3.63, 3.8) is 0 Å². The number of rotatable bonds is 5. The van der Waals surface area contributed by atoms with Crippen LogP contribution in [0.25, 0.3) is 0 Å². The van der Waals surface area contributed by atoms with Gasteiger partial charge in [0.15, 0.2) is 0 Å². The molecule has 0 spiro atoms. The topological polar surface area (TPSA) is 55.4 Å². The Labute approximate surface area is 122 Å². The number of nitrogens with one attached hydrogen (secondary N) is 1. The first-order chi connectivity index (χ1) is 10.0. The zero-order valence-electron chi connectivity index (χ0n) is 11.3. The Morgan fingerprint density at radius 2 is 1.64 bits per heavy atom. The smallest absolute Gasteiger partial charge is 0.422 e. The molecule has 4 nitrogen and oxygen atoms in total. The highest BCUT2D eigenvalue weighted by molar-refractivity contribution is 5.80. The molecular weight excluding hydrogens is 313 g/mol. The van der Waals surface area contributed by atoms with Crippen LogP contribution in [-0.2, 0) is 16.0 Å². The molecule has 0 saturated carbocycles. The van der Waals surface area contributed by atoms with Gasteiger partial charge in [-0.05, 0) is 24.1 Å². The van der Waals surface area contributed by atoms with E-state index in [1.165, 1.54) is 19.1 Å². The van der Waals surface area contributed by atoms with Crippen LogP contribution in [0, 0.1) is 0 Å². The molecule has 0 radical (unpaired) electrons. The molecule has 0 aliphatic carbocycles. The number of halogens is 5. The third-order valence-electron chi connectivity index (χ3n) is 2.53. The van der Waals surface area contributed by atoms with Crippen LogP contribution in [0.1, 0.15) is 12.5 Å². The van der Waals surface area contributed by atoms with E-state index in [1.54, 1.807) is 0 Å². The molecule has 0 aliphatic heterocycles. The minimum atomic E-state index is -6.01. The Morgan fingerprint density at radius 3 is 2.09 bits per heavy atom. The van der Waals surface area contributed by atoms with E-state index in [4.69, 9.17) is 0 Å². The van der Waals surface area contributed by atoms with Crippen LogP contribution < -0.4 is 10.1 Å². The van der Waals surface area contributed by atoms with Gasteiger partial charge >= 0.3 is 18.1 Å². The summed E-state index contributed by atoms with van der Waals surface area (Å²) in [5.41, 5.74) is 0.677. The number of carbonyl (C=O) groups is 2. The minimum absolute atomic E-state index is 0.222. The second kappa shape index (κ2) is 6.71. The predicted octanol–water partition coefficient (Wildman–Crippen LogP) is 2.47. The molecule has 9 heteroatoms. The van der Waals surface area contributed by atoms with E-state index in [1.807, 2.05) is 0 Å². The van der Waals surface area contributed by atoms with E-state index in [0.29, 0.717) is 18.5 Å². The average Bonchev–Trinajstić information content (AvgIpc) is 2.39. The van der Waals surface area contributed by atoms with Crippen molar-refractivity contribution in [1.29, 1.82) is 0 Å². The van der Waals surface area contributed by atoms with Gasteiger partial charge in [0.1, 0.15) is 5.75 Å². The molecule has 0 aromatic heterocycles. The third-order valence-corrected chi connectivity index (χ3v) is 2.53. The van der Waals surface area contributed by atoms with Crippen molar-refractivity contribution < 1.29 is 36.3 Å². The summed E-state index contributed by atoms with van der Waals surface area (Å²) >= 11 is 0. The second-order valence-electron chi connectivity index (χ2n) is 4.34. The molecule has 1 aromatic carbocycles. The van der Waals surface area contributed by atoms with E-state index in [9.17, 15) is 31.5 Å². The summed E-state index contributed by atoms with van der Waals surface area (Å²) in [6, 6.07) is 4.95. The Balaban J connectivity index is 2.64. The molecule has 0 saturated heterocycles. The number of esters is 1. The van der Waals surface area contributed by atoms with Crippen LogP contribution in [0.4, 0.5) is 22.0 Å². The average molecular weight is 325 g/mol. The van der Waals surface area contributed by atoms with E-state index in [-0.39, 0.29) is 5.91 Å². The van der Waals surface area contributed by atoms with Crippen molar-refractivity contribution in [2.75, 3.05) is 6.54 Å². The fraction of sp³-hybridized carbons (Fsp3) is 0.385. The summed E-state index contributed by atoms with van der Waals surface area (Å²) in [6.07, 6.45) is -5.59. The van der Waals surface area contributed by atoms with Gasteiger partial charge in [0.2, 0.25) is 5.91 Å². The lowest BCUT2D eigenvalue weighted by Gasteiger charge is -2.17. The third kappa shape index (κ3) is 4.68. The van der Waals surface area contributed by atoms with Gasteiger partial charge < -0.3 is 10.1 Å². The second-order valence-corrected chi connectivity index (χ2v) is 4.34. The summed E-state index contributed by atoms with van der Waals surface area (Å²) in [5, 5.41) is 2.53. The number of hydrogen-bond acceptors (Lipinski definition) is 3. The molecule has 0 atom stereocenters. The SMILES string of the molecule is CC(=O)NCCc1ccc(OC(=O)C(F)(F)C(F)(F)F)cc1. The first-order valence-electron chi connectivity index (χ1n) is 6.04. The molecule has 122 valence electrons. The first kappa shape index (κ1) is 17.9. The van der Waals surface area contributed by atoms with Gasteiger partial charge in [0.25, 0.3) is 0 Å². The van der Waals surface area contributed by atoms with E-state index in [2.05, 4.69) is 10.1 Å². The fourth-order valence-corrected chi connectivity index (χ4v) is 1.39. The molecule has 0 heterocycles. The number of alkyl halides is 5. The van der Waals surface area contributed by atoms with Crippen LogP contribution >= 0.6 is 0 Å². The molecule has 0 fully saturated rings. The fourth-order valence-electron chi connectivity index (χ4n) is 1.39. The van der Waals surface area contributed by atoms with Gasteiger partial charge in [-0.3, -0.25) is 4.79 Å². The van der Waals surface area contributed by atoms with Gasteiger partial charge in [-0.2, -0.15) is 22.0 Å². The molecule has 1 aromatic rings. The number of carbonyl (C=O) groups excluding carboxylic acids is 2. The minimum Gasteiger partial charge on any atom is -0.422 e. The number of ether oxygens (including phenoxy) is 1. The van der Waals surface area contributed by atoms with Gasteiger partial charge in [-0.1, -0.05) is 12.1 Å². The van der Waals surface area contributed by atoms with Crippen molar-refractivity contribution in [2.24, 2.45) is 0 Å². The highest BCUT2D eigenvalue weighted by Gasteiger charge is 2.65. The monoisotopic (exact) mass is 325 g/mol. The maximum atomic E-state index is 12.7. The predicted molar refractivity (Wildman–Crippen MR) is 65.5 cm³/mol. The molecule has 0 bridgehead atoms. The number of amides is 1. The van der Waals surface area contributed by atoms with E-state index >= 15 is 0 Å². The Bertz CT molecular complexity index is 540. The highest BCUT2D eigenvalue weighted by atomic mass is 19.4. The van der Waals surface area contributed by atoms with Crippen LogP contribution in [0.5, 0.6) is 5.75 Å². The molecule has 22 heavy (non-hydrogen) atoms. The zero-order chi connectivity index (χ0) is 17.0. The molecule has 1 rings (SSSR count). The van der Waals surface area contributed by atoms with Gasteiger partial charge in [0.05, 0.1) is 0 Å². The number of benzene rings is 1. The molecular formula is C13H12F5NO3. The summed E-state index contributed by atoms with van der Waals surface area (Å²) in [7, 11) is 0. The molecule has 0 aliphatic rings. The molecule has 1 amide bonds. The van der Waals surface area contributed by atoms with Crippen LogP contribution in [0.2, 0.25) is 0 Å². The summed E-state index contributed by atoms with van der Waals surface area (Å²) in [6.45, 7) is 1.67. The van der Waals surface area contributed by atoms with Crippen molar-refractivity contribution >= 4 is 11.9 Å². The van der Waals surface area contributed by atoms with Crippen molar-refractivity contribution in [3.05, 3.63) is 29.8 Å². The zero-order valence-corrected chi connectivity index (χ0v) is 11.3. The highest BCUT2D eigenvalue weighted by Crippen LogP contribution is 2.36. The van der Waals surface area contributed by atoms with E-state index < -0.39 is 23.8 Å². The van der Waals surface area contributed by atoms with Crippen molar-refractivity contribution in [1.82, 2.24) is 5.32 Å². The Kier molecular flexibility index (Phi) is 5.45. The van der Waals surface area contributed by atoms with Crippen molar-refractivity contribution in [2.45, 2.75) is 25.4 Å². The lowest BCUT2D eigenvalue weighted by atomic mass is 10.1. The maximum absolute atomic E-state index is 12.7. The summed E-state index contributed by atoms with van der Waals surface area (Å²) in [4.78, 5) is 21.5. The molecule has 0 unspecified atom stereocenters. The van der Waals surface area contributed by atoms with Crippen LogP contribution in [0.15, 0.2) is 24.3 Å². The standard InChI is InChI=1S/C13H12F5NO3/c1-8(20)19-7-6-9-2-4-10(5-3-9)22-11(21)12(14,15)13(16,17)18/h2-5H,6-7H2,1H3,(H,19,20). The summed E-state index contributed by atoms with van der Waals surface area (Å²) in [5.74, 6) is -8.92. The normalized spacial score (nSPS) is 11.9. The lowest BCUT2D eigenvalue weighted by molar-refractivity contribution is -0.276. The first-order valence-corrected chi connectivity index (χ1v) is 6.04. The number of hydrogen-bond donors (Lipinski definition) is 1. The van der Waals surface area contributed by atoms with E-state index in [0.717, 1.165) is 12.1 Å². The van der Waals surface area contributed by atoms with Crippen LogP contribution in [-0.4, -0.2) is 30.5 Å². The van der Waals surface area contributed by atoms with Crippen molar-refractivity contribution in [3.8, 4) is 5.75 Å². The van der Waals surface area contributed by atoms with Crippen LogP contribution in [0.3, 0.4) is 0 Å². The Hall–Kier alpha value is -2.19. The van der Waals surface area contributed by atoms with Gasteiger partial charge in [-0.25, -0.2) is 4.79 Å². The quantitative estimate of drug-likeness (QED) is 0.514.